The molecule has 0 aliphatic rings. The van der Waals surface area contributed by atoms with Crippen LogP contribution in [0.3, 0.4) is 0 Å². The van der Waals surface area contributed by atoms with E-state index in [1.54, 1.807) is 24.4 Å². The van der Waals surface area contributed by atoms with Crippen LogP contribution in [0.2, 0.25) is 5.02 Å². The van der Waals surface area contributed by atoms with Gasteiger partial charge in [0.15, 0.2) is 0 Å². The number of aromatic nitrogens is 1. The molecule has 0 saturated heterocycles. The fourth-order valence-corrected chi connectivity index (χ4v) is 2.53. The van der Waals surface area contributed by atoms with Gasteiger partial charge >= 0.3 is 0 Å². The van der Waals surface area contributed by atoms with Crippen molar-refractivity contribution in [3.05, 3.63) is 82.5 Å². The SMILES string of the molecule is Cc1cccc(C(=O)Nc2ccc(Nc3ccc(C)c(Cl)c3)nc2)c1. The Hall–Kier alpha value is -2.85. The zero-order valence-corrected chi connectivity index (χ0v) is 14.8. The Kier molecular flexibility index (Phi) is 5.00. The van der Waals surface area contributed by atoms with Crippen LogP contribution in [-0.2, 0) is 0 Å². The fraction of sp³-hybridized carbons (Fsp3) is 0.100. The molecule has 126 valence electrons. The summed E-state index contributed by atoms with van der Waals surface area (Å²) in [6, 6.07) is 16.8. The maximum atomic E-state index is 12.2. The van der Waals surface area contributed by atoms with Crippen molar-refractivity contribution in [2.24, 2.45) is 0 Å². The lowest BCUT2D eigenvalue weighted by atomic mass is 10.1. The van der Waals surface area contributed by atoms with Gasteiger partial charge in [-0.05, 0) is 55.8 Å². The Balaban J connectivity index is 1.67. The second-order valence-corrected chi connectivity index (χ2v) is 6.25. The summed E-state index contributed by atoms with van der Waals surface area (Å²) in [6.45, 7) is 3.91. The minimum atomic E-state index is -0.156. The van der Waals surface area contributed by atoms with Crippen LogP contribution in [0.4, 0.5) is 17.2 Å². The molecule has 0 spiro atoms. The van der Waals surface area contributed by atoms with E-state index in [0.29, 0.717) is 22.1 Å². The highest BCUT2D eigenvalue weighted by Crippen LogP contribution is 2.23. The molecule has 0 atom stereocenters. The van der Waals surface area contributed by atoms with E-state index < -0.39 is 0 Å². The van der Waals surface area contributed by atoms with Crippen LogP contribution in [0.25, 0.3) is 0 Å². The Morgan fingerprint density at radius 3 is 2.48 bits per heavy atom. The number of carbonyl (C=O) groups is 1. The number of anilines is 3. The van der Waals surface area contributed by atoms with Crippen LogP contribution >= 0.6 is 11.6 Å². The summed E-state index contributed by atoms with van der Waals surface area (Å²) in [5.41, 5.74) is 4.19. The average molecular weight is 352 g/mol. The van der Waals surface area contributed by atoms with Crippen LogP contribution < -0.4 is 10.6 Å². The zero-order chi connectivity index (χ0) is 17.8. The van der Waals surface area contributed by atoms with Crippen LogP contribution in [0.1, 0.15) is 21.5 Å². The maximum absolute atomic E-state index is 12.2. The molecule has 1 aromatic heterocycles. The van der Waals surface area contributed by atoms with Gasteiger partial charge in [0, 0.05) is 16.3 Å². The topological polar surface area (TPSA) is 54.0 Å². The highest BCUT2D eigenvalue weighted by Gasteiger charge is 2.06. The largest absolute Gasteiger partial charge is 0.340 e. The number of aryl methyl sites for hydroxylation is 2. The number of amides is 1. The Labute approximate surface area is 151 Å². The molecule has 0 unspecified atom stereocenters. The second kappa shape index (κ2) is 7.36. The van der Waals surface area contributed by atoms with Gasteiger partial charge in [-0.15, -0.1) is 0 Å². The lowest BCUT2D eigenvalue weighted by Crippen LogP contribution is -2.12. The highest BCUT2D eigenvalue weighted by molar-refractivity contribution is 6.31. The molecule has 4 nitrogen and oxygen atoms in total. The number of pyridine rings is 1. The van der Waals surface area contributed by atoms with Gasteiger partial charge in [-0.25, -0.2) is 4.98 Å². The number of carbonyl (C=O) groups excluding carboxylic acids is 1. The summed E-state index contributed by atoms with van der Waals surface area (Å²) in [4.78, 5) is 16.6. The molecule has 0 radical (unpaired) electrons. The van der Waals surface area contributed by atoms with Crippen molar-refractivity contribution in [2.75, 3.05) is 10.6 Å². The quantitative estimate of drug-likeness (QED) is 0.666. The molecule has 5 heteroatoms. The van der Waals surface area contributed by atoms with Gasteiger partial charge < -0.3 is 10.6 Å². The third-order valence-corrected chi connectivity index (χ3v) is 4.15. The summed E-state index contributed by atoms with van der Waals surface area (Å²) in [7, 11) is 0. The molecule has 0 saturated carbocycles. The monoisotopic (exact) mass is 351 g/mol. The first kappa shape index (κ1) is 17.0. The minimum Gasteiger partial charge on any atom is -0.340 e. The smallest absolute Gasteiger partial charge is 0.255 e. The first-order valence-corrected chi connectivity index (χ1v) is 8.26. The Morgan fingerprint density at radius 1 is 1.00 bits per heavy atom. The summed E-state index contributed by atoms with van der Waals surface area (Å²) in [6.07, 6.45) is 1.62. The standard InChI is InChI=1S/C20H18ClN3O/c1-13-4-3-5-15(10-13)20(25)24-17-8-9-19(22-12-17)23-16-7-6-14(2)18(21)11-16/h3-12H,1-2H3,(H,22,23)(H,24,25). The van der Waals surface area contributed by atoms with E-state index in [0.717, 1.165) is 16.8 Å². The number of nitrogens with zero attached hydrogens (tertiary/aromatic N) is 1. The molecule has 2 N–H and O–H groups in total. The Morgan fingerprint density at radius 2 is 1.80 bits per heavy atom. The summed E-state index contributed by atoms with van der Waals surface area (Å²) in [5.74, 6) is 0.519. The molecule has 1 heterocycles. The predicted molar refractivity (Wildman–Crippen MR) is 103 cm³/mol. The molecule has 1 amide bonds. The van der Waals surface area contributed by atoms with E-state index in [4.69, 9.17) is 11.6 Å². The van der Waals surface area contributed by atoms with Crippen LogP contribution in [0.5, 0.6) is 0 Å². The molecule has 3 rings (SSSR count). The molecular weight excluding hydrogens is 334 g/mol. The molecule has 0 aliphatic heterocycles. The van der Waals surface area contributed by atoms with Gasteiger partial charge in [0.05, 0.1) is 11.9 Å². The molecular formula is C20H18ClN3O. The summed E-state index contributed by atoms with van der Waals surface area (Å²) < 4.78 is 0. The lowest BCUT2D eigenvalue weighted by molar-refractivity contribution is 0.102. The molecule has 25 heavy (non-hydrogen) atoms. The summed E-state index contributed by atoms with van der Waals surface area (Å²) in [5, 5.41) is 6.73. The number of benzene rings is 2. The third-order valence-electron chi connectivity index (χ3n) is 3.75. The van der Waals surface area contributed by atoms with Gasteiger partial charge in [-0.1, -0.05) is 35.4 Å². The number of halogens is 1. The highest BCUT2D eigenvalue weighted by atomic mass is 35.5. The van der Waals surface area contributed by atoms with E-state index in [9.17, 15) is 4.79 Å². The minimum absolute atomic E-state index is 0.156. The molecule has 3 aromatic rings. The molecule has 2 aromatic carbocycles. The van der Waals surface area contributed by atoms with Gasteiger partial charge in [0.25, 0.3) is 5.91 Å². The zero-order valence-electron chi connectivity index (χ0n) is 14.0. The van der Waals surface area contributed by atoms with Crippen molar-refractivity contribution >= 4 is 34.7 Å². The molecule has 0 bridgehead atoms. The fourth-order valence-electron chi connectivity index (χ4n) is 2.35. The van der Waals surface area contributed by atoms with E-state index >= 15 is 0 Å². The molecule has 0 fully saturated rings. The van der Waals surface area contributed by atoms with E-state index in [1.807, 2.05) is 50.2 Å². The first-order chi connectivity index (χ1) is 12.0. The van der Waals surface area contributed by atoms with Gasteiger partial charge in [-0.3, -0.25) is 4.79 Å². The van der Waals surface area contributed by atoms with Crippen LogP contribution in [-0.4, -0.2) is 10.9 Å². The van der Waals surface area contributed by atoms with Crippen molar-refractivity contribution < 1.29 is 4.79 Å². The van der Waals surface area contributed by atoms with Gasteiger partial charge in [0.1, 0.15) is 5.82 Å². The average Bonchev–Trinajstić information content (AvgIpc) is 2.60. The van der Waals surface area contributed by atoms with Crippen molar-refractivity contribution in [3.63, 3.8) is 0 Å². The van der Waals surface area contributed by atoms with Crippen molar-refractivity contribution in [1.82, 2.24) is 4.98 Å². The molecule has 0 aliphatic carbocycles. The van der Waals surface area contributed by atoms with Crippen LogP contribution in [0.15, 0.2) is 60.8 Å². The number of hydrogen-bond donors (Lipinski definition) is 2. The number of hydrogen-bond acceptors (Lipinski definition) is 3. The predicted octanol–water partition coefficient (Wildman–Crippen LogP) is 5.35. The van der Waals surface area contributed by atoms with Gasteiger partial charge in [-0.2, -0.15) is 0 Å². The van der Waals surface area contributed by atoms with Crippen molar-refractivity contribution in [2.45, 2.75) is 13.8 Å². The van der Waals surface area contributed by atoms with Crippen LogP contribution in [0, 0.1) is 13.8 Å². The van der Waals surface area contributed by atoms with Crippen molar-refractivity contribution in [3.8, 4) is 0 Å². The maximum Gasteiger partial charge on any atom is 0.255 e. The van der Waals surface area contributed by atoms with Gasteiger partial charge in [0.2, 0.25) is 0 Å². The second-order valence-electron chi connectivity index (χ2n) is 5.84. The van der Waals surface area contributed by atoms with E-state index in [1.165, 1.54) is 0 Å². The first-order valence-electron chi connectivity index (χ1n) is 7.88. The van der Waals surface area contributed by atoms with E-state index in [-0.39, 0.29) is 5.91 Å². The number of rotatable bonds is 4. The summed E-state index contributed by atoms with van der Waals surface area (Å²) >= 11 is 6.12. The lowest BCUT2D eigenvalue weighted by Gasteiger charge is -2.09. The van der Waals surface area contributed by atoms with E-state index in [2.05, 4.69) is 15.6 Å². The normalized spacial score (nSPS) is 10.4. The number of nitrogens with one attached hydrogen (secondary N) is 2. The van der Waals surface area contributed by atoms with Crippen molar-refractivity contribution in [1.29, 1.82) is 0 Å². The Bertz CT molecular complexity index is 907. The third kappa shape index (κ3) is 4.37.